The van der Waals surface area contributed by atoms with Crippen LogP contribution in [0.25, 0.3) is 0 Å². The molecular weight excluding hydrogens is 273 g/mol. The monoisotopic (exact) mass is 288 g/mol. The van der Waals surface area contributed by atoms with Crippen molar-refractivity contribution in [2.45, 2.75) is 0 Å². The van der Waals surface area contributed by atoms with E-state index in [1.807, 2.05) is 21.1 Å². The fraction of sp³-hybridized carbons (Fsp3) is 0.333. The third-order valence-corrected chi connectivity index (χ3v) is 2.54. The van der Waals surface area contributed by atoms with Gasteiger partial charge in [0.1, 0.15) is 0 Å². The Hall–Kier alpha value is -1.10. The first-order chi connectivity index (χ1) is 8.28. The van der Waals surface area contributed by atoms with E-state index >= 15 is 0 Å². The van der Waals surface area contributed by atoms with Crippen LogP contribution in [0.5, 0.6) is 0 Å². The number of likely N-dealkylation sites (N-methyl/N-ethyl adjacent to an activating group) is 1. The van der Waals surface area contributed by atoms with E-state index in [0.717, 1.165) is 0 Å². The van der Waals surface area contributed by atoms with E-state index in [4.69, 9.17) is 23.2 Å². The predicted molar refractivity (Wildman–Crippen MR) is 75.1 cm³/mol. The molecule has 4 nitrogen and oxygen atoms in total. The van der Waals surface area contributed by atoms with Crippen molar-refractivity contribution < 1.29 is 9.28 Å². The molecule has 1 amide bonds. The van der Waals surface area contributed by atoms with Gasteiger partial charge in [0.25, 0.3) is 5.91 Å². The van der Waals surface area contributed by atoms with E-state index in [9.17, 15) is 4.79 Å². The van der Waals surface area contributed by atoms with Crippen LogP contribution < -0.4 is 5.43 Å². The van der Waals surface area contributed by atoms with Crippen LogP contribution in [0, 0.1) is 0 Å². The molecule has 0 aliphatic rings. The molecule has 0 radical (unpaired) electrons. The number of hydrazone groups is 1. The largest absolute Gasteiger partial charge is 0.323 e. The zero-order valence-electron chi connectivity index (χ0n) is 10.6. The number of rotatable bonds is 4. The maximum atomic E-state index is 11.5. The Morgan fingerprint density at radius 2 is 2.06 bits per heavy atom. The minimum atomic E-state index is -0.149. The Bertz CT molecular complexity index is 467. The lowest BCUT2D eigenvalue weighted by molar-refractivity contribution is -0.862. The van der Waals surface area contributed by atoms with E-state index < -0.39 is 0 Å². The molecule has 6 heteroatoms. The van der Waals surface area contributed by atoms with Gasteiger partial charge in [-0.05, 0) is 12.1 Å². The van der Waals surface area contributed by atoms with Crippen LogP contribution >= 0.6 is 23.2 Å². The predicted octanol–water partition coefficient (Wildman–Crippen LogP) is 2.15. The first-order valence-electron chi connectivity index (χ1n) is 5.35. The number of halogens is 2. The number of hydrogen-bond donors (Lipinski definition) is 1. The van der Waals surface area contributed by atoms with Gasteiger partial charge in [-0.25, -0.2) is 5.43 Å². The highest BCUT2D eigenvalue weighted by atomic mass is 35.5. The molecule has 1 aromatic carbocycles. The molecule has 0 saturated heterocycles. The normalized spacial score (nSPS) is 11.8. The van der Waals surface area contributed by atoms with E-state index in [2.05, 4.69) is 10.5 Å². The number of amides is 1. The Morgan fingerprint density at radius 1 is 1.39 bits per heavy atom. The van der Waals surface area contributed by atoms with Crippen molar-refractivity contribution in [3.05, 3.63) is 33.8 Å². The molecule has 98 valence electrons. The molecule has 1 N–H and O–H groups in total. The Balaban J connectivity index is 2.58. The van der Waals surface area contributed by atoms with Gasteiger partial charge in [0.15, 0.2) is 6.54 Å². The van der Waals surface area contributed by atoms with Crippen molar-refractivity contribution in [3.63, 3.8) is 0 Å². The SMILES string of the molecule is C[N+](C)(C)CC(=O)NN=Cc1ccc(Cl)cc1Cl. The van der Waals surface area contributed by atoms with E-state index in [1.54, 1.807) is 18.2 Å². The molecule has 0 bridgehead atoms. The Kier molecular flexibility index (Phi) is 5.14. The average molecular weight is 289 g/mol. The second-order valence-corrected chi connectivity index (χ2v) is 5.75. The highest BCUT2D eigenvalue weighted by Gasteiger charge is 2.13. The number of nitrogens with zero attached hydrogens (tertiary/aromatic N) is 2. The summed E-state index contributed by atoms with van der Waals surface area (Å²) in [6.45, 7) is 0.353. The average Bonchev–Trinajstić information content (AvgIpc) is 2.18. The molecule has 0 fully saturated rings. The third kappa shape index (κ3) is 5.49. The fourth-order valence-corrected chi connectivity index (χ4v) is 1.70. The standard InChI is InChI=1S/C12H15Cl2N3O/c1-17(2,3)8-12(18)16-15-7-9-4-5-10(13)6-11(9)14/h4-7H,8H2,1-3H3/p+1. The van der Waals surface area contributed by atoms with Crippen molar-refractivity contribution in [2.24, 2.45) is 5.10 Å². The summed E-state index contributed by atoms with van der Waals surface area (Å²) >= 11 is 11.7. The smallest absolute Gasteiger partial charge is 0.295 e. The third-order valence-electron chi connectivity index (χ3n) is 1.97. The Morgan fingerprint density at radius 3 is 2.61 bits per heavy atom. The van der Waals surface area contributed by atoms with Gasteiger partial charge in [-0.3, -0.25) is 4.79 Å². The van der Waals surface area contributed by atoms with Gasteiger partial charge in [-0.1, -0.05) is 29.3 Å². The van der Waals surface area contributed by atoms with Gasteiger partial charge in [0.05, 0.1) is 32.4 Å². The lowest BCUT2D eigenvalue weighted by Crippen LogP contribution is -2.43. The topological polar surface area (TPSA) is 41.5 Å². The molecule has 1 rings (SSSR count). The molecule has 0 spiro atoms. The zero-order chi connectivity index (χ0) is 13.8. The maximum Gasteiger partial charge on any atom is 0.295 e. The summed E-state index contributed by atoms with van der Waals surface area (Å²) in [5.41, 5.74) is 3.15. The van der Waals surface area contributed by atoms with E-state index in [0.29, 0.717) is 26.6 Å². The number of quaternary nitrogens is 1. The highest BCUT2D eigenvalue weighted by molar-refractivity contribution is 6.36. The number of hydrogen-bond acceptors (Lipinski definition) is 2. The van der Waals surface area contributed by atoms with Gasteiger partial charge < -0.3 is 4.48 Å². The molecule has 0 saturated carbocycles. The van der Waals surface area contributed by atoms with Crippen molar-refractivity contribution in [1.29, 1.82) is 0 Å². The molecule has 0 atom stereocenters. The zero-order valence-corrected chi connectivity index (χ0v) is 12.1. The summed E-state index contributed by atoms with van der Waals surface area (Å²) in [6, 6.07) is 5.07. The van der Waals surface area contributed by atoms with Crippen LogP contribution in [0.15, 0.2) is 23.3 Å². The number of carbonyl (C=O) groups excluding carboxylic acids is 1. The first-order valence-corrected chi connectivity index (χ1v) is 6.11. The minimum absolute atomic E-state index is 0.149. The molecule has 18 heavy (non-hydrogen) atoms. The van der Waals surface area contributed by atoms with Crippen LogP contribution in [0.2, 0.25) is 10.0 Å². The van der Waals surface area contributed by atoms with Gasteiger partial charge in [0.2, 0.25) is 0 Å². The van der Waals surface area contributed by atoms with Crippen molar-refractivity contribution in [1.82, 2.24) is 5.43 Å². The second kappa shape index (κ2) is 6.18. The van der Waals surface area contributed by atoms with Crippen LogP contribution in [0.3, 0.4) is 0 Å². The van der Waals surface area contributed by atoms with E-state index in [1.165, 1.54) is 6.21 Å². The van der Waals surface area contributed by atoms with Gasteiger partial charge in [-0.2, -0.15) is 5.10 Å². The van der Waals surface area contributed by atoms with Crippen LogP contribution in [-0.2, 0) is 4.79 Å². The van der Waals surface area contributed by atoms with Crippen molar-refractivity contribution >= 4 is 35.3 Å². The lowest BCUT2D eigenvalue weighted by Gasteiger charge is -2.21. The summed E-state index contributed by atoms with van der Waals surface area (Å²) in [5, 5.41) is 4.91. The summed E-state index contributed by atoms with van der Waals surface area (Å²) in [7, 11) is 5.79. The van der Waals surface area contributed by atoms with Crippen molar-refractivity contribution in [2.75, 3.05) is 27.7 Å². The lowest BCUT2D eigenvalue weighted by atomic mass is 10.2. The fourth-order valence-electron chi connectivity index (χ4n) is 1.25. The van der Waals surface area contributed by atoms with Crippen LogP contribution in [0.1, 0.15) is 5.56 Å². The van der Waals surface area contributed by atoms with Gasteiger partial charge >= 0.3 is 0 Å². The van der Waals surface area contributed by atoms with Crippen LogP contribution in [0.4, 0.5) is 0 Å². The maximum absolute atomic E-state index is 11.5. The molecule has 0 aromatic heterocycles. The number of benzene rings is 1. The molecule has 0 heterocycles. The van der Waals surface area contributed by atoms with Crippen molar-refractivity contribution in [3.8, 4) is 0 Å². The first kappa shape index (κ1) is 15.0. The molecule has 0 aliphatic heterocycles. The molecule has 0 unspecified atom stereocenters. The summed E-state index contributed by atoms with van der Waals surface area (Å²) < 4.78 is 0.545. The van der Waals surface area contributed by atoms with Gasteiger partial charge in [-0.15, -0.1) is 0 Å². The minimum Gasteiger partial charge on any atom is -0.323 e. The summed E-state index contributed by atoms with van der Waals surface area (Å²) in [5.74, 6) is -0.149. The Labute approximate surface area is 117 Å². The molecule has 0 aliphatic carbocycles. The highest BCUT2D eigenvalue weighted by Crippen LogP contribution is 2.19. The summed E-state index contributed by atoms with van der Waals surface area (Å²) in [6.07, 6.45) is 1.49. The number of nitrogens with one attached hydrogen (secondary N) is 1. The van der Waals surface area contributed by atoms with E-state index in [-0.39, 0.29) is 5.91 Å². The van der Waals surface area contributed by atoms with Crippen LogP contribution in [-0.4, -0.2) is 44.3 Å². The molecular formula is C12H16Cl2N3O+. The molecule has 1 aromatic rings. The second-order valence-electron chi connectivity index (χ2n) is 4.91. The number of carbonyl (C=O) groups is 1. The van der Waals surface area contributed by atoms with Gasteiger partial charge in [0, 0.05) is 10.6 Å². The quantitative estimate of drug-likeness (QED) is 0.515. The summed E-state index contributed by atoms with van der Waals surface area (Å²) in [4.78, 5) is 11.5.